The zero-order valence-corrected chi connectivity index (χ0v) is 38.5. The monoisotopic (exact) mass is 898 g/mol. The van der Waals surface area contributed by atoms with Crippen LogP contribution < -0.4 is 15.1 Å². The van der Waals surface area contributed by atoms with E-state index in [0.717, 1.165) is 129 Å². The van der Waals surface area contributed by atoms with Crippen molar-refractivity contribution in [3.63, 3.8) is 0 Å². The van der Waals surface area contributed by atoms with Gasteiger partial charge in [0.2, 0.25) is 0 Å². The molecule has 2 saturated heterocycles. The summed E-state index contributed by atoms with van der Waals surface area (Å²) in [6.07, 6.45) is 19.3. The molecule has 0 radical (unpaired) electrons. The lowest BCUT2D eigenvalue weighted by molar-refractivity contribution is 0.282. The number of piperazine rings is 1. The zero-order chi connectivity index (χ0) is 46.0. The minimum absolute atomic E-state index is 0.00189. The number of nitrogens with one attached hydrogen (secondary N) is 1. The number of hydrogen-bond acceptors (Lipinski definition) is 11. The van der Waals surface area contributed by atoms with E-state index in [9.17, 15) is 5.11 Å². The number of benzene rings is 4. The van der Waals surface area contributed by atoms with Gasteiger partial charge in [0.05, 0.1) is 30.0 Å². The molecule has 2 fully saturated rings. The fourth-order valence-electron chi connectivity index (χ4n) is 9.65. The predicted octanol–water partition coefficient (Wildman–Crippen LogP) is 9.18. The second-order valence-corrected chi connectivity index (χ2v) is 18.0. The number of nitrogens with zero attached hydrogens (tertiary/aromatic N) is 11. The highest BCUT2D eigenvalue weighted by atomic mass is 16.3. The lowest BCUT2D eigenvalue weighted by Crippen LogP contribution is -2.43. The molecule has 0 aliphatic carbocycles. The van der Waals surface area contributed by atoms with Gasteiger partial charge in [-0.2, -0.15) is 10.2 Å². The van der Waals surface area contributed by atoms with Crippen LogP contribution in [-0.4, -0.2) is 103 Å². The Morgan fingerprint density at radius 3 is 1.53 bits per heavy atom. The minimum Gasteiger partial charge on any atom is -0.392 e. The van der Waals surface area contributed by atoms with E-state index in [4.69, 9.17) is 9.97 Å². The summed E-state index contributed by atoms with van der Waals surface area (Å²) in [6.45, 7) is 7.35. The summed E-state index contributed by atoms with van der Waals surface area (Å²) in [7, 11) is 4.15. The second kappa shape index (κ2) is 19.0. The van der Waals surface area contributed by atoms with Crippen molar-refractivity contribution in [2.45, 2.75) is 32.4 Å². The summed E-state index contributed by atoms with van der Waals surface area (Å²) in [6, 6.07) is 33.9. The van der Waals surface area contributed by atoms with Gasteiger partial charge in [-0.15, -0.1) is 0 Å². The molecule has 2 aliphatic rings. The highest BCUT2D eigenvalue weighted by molar-refractivity contribution is 5.99. The summed E-state index contributed by atoms with van der Waals surface area (Å²) >= 11 is 0. The third-order valence-electron chi connectivity index (χ3n) is 13.2. The number of fused-ring (bicyclic) bond motifs is 4. The normalized spacial score (nSPS) is 14.3. The van der Waals surface area contributed by atoms with Crippen LogP contribution in [0.1, 0.15) is 30.4 Å². The van der Waals surface area contributed by atoms with Crippen molar-refractivity contribution in [3.8, 4) is 44.5 Å². The maximum Gasteiger partial charge on any atom is 0.162 e. The molecule has 2 aliphatic heterocycles. The van der Waals surface area contributed by atoms with Crippen molar-refractivity contribution < 1.29 is 5.11 Å². The van der Waals surface area contributed by atoms with Crippen LogP contribution in [0.25, 0.3) is 77.6 Å². The van der Waals surface area contributed by atoms with Gasteiger partial charge in [-0.25, -0.2) is 19.0 Å². The Labute approximate surface area is 395 Å². The van der Waals surface area contributed by atoms with Crippen LogP contribution in [0.2, 0.25) is 0 Å². The van der Waals surface area contributed by atoms with E-state index in [1.165, 1.54) is 36.2 Å². The minimum atomic E-state index is 0.00189. The standard InChI is InChI=1S/C28H29N7.C27H25N5O/c1-33(2)18-20-3-8-25-24(9-10-30-27(25)15-20)26-17-32-35-19-22(16-31-28(26)35)21-4-6-23(7-5-21)34-13-11-29-12-14-34;33-18-19-4-9-24-23(10-11-28-26(24)14-19)25-16-30-32-17-21(15-29-27(25)32)20-5-7-22(8-6-20)31-12-2-1-3-13-31/h3-10,15-17,19,29H,11-14,18H2,1-2H3;4-11,14-17,33H,1-3,12-13,18H2. The van der Waals surface area contributed by atoms with E-state index in [-0.39, 0.29) is 6.61 Å². The SMILES string of the molecule is CN(C)Cc1ccc2c(-c3cnn4cc(-c5ccc(N6CCNCC6)cc5)cnc34)ccnc2c1.OCc1ccc2c(-c3cnn4cc(-c5ccc(N6CCCCC6)cc5)cnc34)ccnc2c1. The van der Waals surface area contributed by atoms with Crippen LogP contribution in [-0.2, 0) is 13.2 Å². The number of aliphatic hydroxyl groups excluding tert-OH is 1. The van der Waals surface area contributed by atoms with Crippen molar-refractivity contribution in [1.29, 1.82) is 0 Å². The molecule has 0 spiro atoms. The van der Waals surface area contributed by atoms with Crippen LogP contribution >= 0.6 is 0 Å². The first-order chi connectivity index (χ1) is 33.5. The highest BCUT2D eigenvalue weighted by Crippen LogP contribution is 2.34. The Kier molecular flexibility index (Phi) is 12.0. The lowest BCUT2D eigenvalue weighted by atomic mass is 10.0. The Morgan fingerprint density at radius 2 is 1.01 bits per heavy atom. The van der Waals surface area contributed by atoms with Crippen LogP contribution in [0.5, 0.6) is 0 Å². The third kappa shape index (κ3) is 8.74. The first-order valence-corrected chi connectivity index (χ1v) is 23.6. The molecule has 13 nitrogen and oxygen atoms in total. The Morgan fingerprint density at radius 1 is 0.515 bits per heavy atom. The first kappa shape index (κ1) is 43.0. The van der Waals surface area contributed by atoms with Crippen molar-refractivity contribution in [3.05, 3.63) is 158 Å². The van der Waals surface area contributed by atoms with E-state index in [1.807, 2.05) is 70.5 Å². The predicted molar refractivity (Wildman–Crippen MR) is 273 cm³/mol. The Hall–Kier alpha value is -7.58. The smallest absolute Gasteiger partial charge is 0.162 e. The van der Waals surface area contributed by atoms with Gasteiger partial charge in [0, 0.05) is 127 Å². The average Bonchev–Trinajstić information content (AvgIpc) is 4.03. The van der Waals surface area contributed by atoms with E-state index >= 15 is 0 Å². The van der Waals surface area contributed by atoms with Gasteiger partial charge < -0.3 is 25.1 Å². The van der Waals surface area contributed by atoms with Gasteiger partial charge in [0.25, 0.3) is 0 Å². The van der Waals surface area contributed by atoms with Crippen LogP contribution in [0.15, 0.2) is 147 Å². The molecule has 0 unspecified atom stereocenters. The number of anilines is 2. The fraction of sp³-hybridized carbons (Fsp3) is 0.236. The molecule has 8 heterocycles. The van der Waals surface area contributed by atoms with Crippen LogP contribution in [0.3, 0.4) is 0 Å². The van der Waals surface area contributed by atoms with Crippen LogP contribution in [0, 0.1) is 0 Å². The van der Waals surface area contributed by atoms with E-state index in [0.29, 0.717) is 0 Å². The zero-order valence-electron chi connectivity index (χ0n) is 38.5. The van der Waals surface area contributed by atoms with E-state index in [2.05, 4.69) is 133 Å². The van der Waals surface area contributed by atoms with E-state index < -0.39 is 0 Å². The average molecular weight is 899 g/mol. The highest BCUT2D eigenvalue weighted by Gasteiger charge is 2.17. The topological polar surface area (TPSA) is 128 Å². The van der Waals surface area contributed by atoms with Crippen molar-refractivity contribution >= 4 is 44.5 Å². The molecule has 0 bridgehead atoms. The second-order valence-electron chi connectivity index (χ2n) is 18.0. The number of aromatic nitrogens is 8. The van der Waals surface area contributed by atoms with Gasteiger partial charge in [-0.3, -0.25) is 9.97 Å². The van der Waals surface area contributed by atoms with Gasteiger partial charge in [0.1, 0.15) is 0 Å². The van der Waals surface area contributed by atoms with Crippen molar-refractivity contribution in [2.75, 3.05) is 63.2 Å². The molecule has 0 atom stereocenters. The molecule has 340 valence electrons. The summed E-state index contributed by atoms with van der Waals surface area (Å²) < 4.78 is 3.72. The summed E-state index contributed by atoms with van der Waals surface area (Å²) in [5.74, 6) is 0. The summed E-state index contributed by atoms with van der Waals surface area (Å²) in [4.78, 5) is 25.7. The molecular formula is C55H54N12O. The molecule has 4 aromatic carbocycles. The Bertz CT molecular complexity index is 3370. The van der Waals surface area contributed by atoms with Crippen LogP contribution in [0.4, 0.5) is 11.4 Å². The molecule has 10 aromatic rings. The summed E-state index contributed by atoms with van der Waals surface area (Å²) in [5.41, 5.74) is 16.6. The van der Waals surface area contributed by atoms with Gasteiger partial charge in [-0.05, 0) is 115 Å². The molecule has 2 N–H and O–H groups in total. The molecule has 6 aromatic heterocycles. The molecule has 0 amide bonds. The van der Waals surface area contributed by atoms with Crippen molar-refractivity contribution in [2.24, 2.45) is 0 Å². The quantitative estimate of drug-likeness (QED) is 0.144. The number of piperidine rings is 1. The maximum atomic E-state index is 9.44. The third-order valence-corrected chi connectivity index (χ3v) is 13.2. The van der Waals surface area contributed by atoms with Gasteiger partial charge in [0.15, 0.2) is 11.3 Å². The van der Waals surface area contributed by atoms with Crippen molar-refractivity contribution in [1.82, 2.24) is 49.4 Å². The molecule has 13 heteroatoms. The molecular weight excluding hydrogens is 845 g/mol. The first-order valence-electron chi connectivity index (χ1n) is 23.6. The number of rotatable bonds is 9. The number of aliphatic hydroxyl groups is 1. The van der Waals surface area contributed by atoms with E-state index in [1.54, 1.807) is 6.20 Å². The Balaban J connectivity index is 0.000000149. The lowest BCUT2D eigenvalue weighted by Gasteiger charge is -2.29. The molecule has 12 rings (SSSR count). The van der Waals surface area contributed by atoms with Gasteiger partial charge in [-0.1, -0.05) is 48.5 Å². The molecule has 68 heavy (non-hydrogen) atoms. The fourth-order valence-corrected chi connectivity index (χ4v) is 9.65. The number of hydrogen-bond donors (Lipinski definition) is 2. The largest absolute Gasteiger partial charge is 0.392 e. The van der Waals surface area contributed by atoms with Gasteiger partial charge >= 0.3 is 0 Å². The number of pyridine rings is 2. The maximum absolute atomic E-state index is 9.44. The molecule has 0 saturated carbocycles. The summed E-state index contributed by atoms with van der Waals surface area (Å²) in [5, 5.41) is 24.2.